The molecule has 2 saturated carbocycles. The molecule has 0 radical (unpaired) electrons. The van der Waals surface area contributed by atoms with E-state index in [-0.39, 0.29) is 6.61 Å². The average molecular weight is 847 g/mol. The van der Waals surface area contributed by atoms with Crippen molar-refractivity contribution in [2.75, 3.05) is 26.7 Å². The second-order valence-corrected chi connectivity index (χ2v) is 14.8. The topological polar surface area (TPSA) is 108 Å². The van der Waals surface area contributed by atoms with Gasteiger partial charge in [-0.25, -0.2) is 0 Å². The lowest BCUT2D eigenvalue weighted by Crippen LogP contribution is -2.24. The Morgan fingerprint density at radius 2 is 1.33 bits per heavy atom. The molecule has 2 aliphatic carbocycles. The Labute approximate surface area is 376 Å². The Morgan fingerprint density at radius 1 is 0.850 bits per heavy atom. The van der Waals surface area contributed by atoms with Gasteiger partial charge < -0.3 is 31.2 Å². The van der Waals surface area contributed by atoms with E-state index in [0.717, 1.165) is 56.0 Å². The van der Waals surface area contributed by atoms with E-state index in [1.54, 1.807) is 13.1 Å². The predicted octanol–water partition coefficient (Wildman–Crippen LogP) is 13.9. The number of aliphatic hydroxyl groups excluding tert-OH is 1. The van der Waals surface area contributed by atoms with Crippen LogP contribution in [0.25, 0.3) is 0 Å². The third kappa shape index (κ3) is 61.5. The Bertz CT molecular complexity index is 991. The van der Waals surface area contributed by atoms with Gasteiger partial charge in [0.15, 0.2) is 0 Å². The molecule has 7 nitrogen and oxygen atoms in total. The molecule has 0 bridgehead atoms. The number of nitrogens with two attached hydrogens (primary N) is 1. The number of nitrogens with one attached hydrogen (secondary N) is 2. The molecule has 3 fully saturated rings. The van der Waals surface area contributed by atoms with Gasteiger partial charge in [0.05, 0.1) is 0 Å². The minimum Gasteiger partial charge on any atom is -0.405 e. The monoisotopic (exact) mass is 847 g/mol. The van der Waals surface area contributed by atoms with Crippen LogP contribution in [0.5, 0.6) is 0 Å². The zero-order valence-electron chi connectivity index (χ0n) is 42.7. The summed E-state index contributed by atoms with van der Waals surface area (Å²) in [5.41, 5.74) is 8.46. The predicted molar refractivity (Wildman–Crippen MR) is 273 cm³/mol. The zero-order chi connectivity index (χ0) is 48.0. The number of carbonyl (C=O) groups excluding carboxylic acids is 2. The second kappa shape index (κ2) is 62.5. The van der Waals surface area contributed by atoms with E-state index in [2.05, 4.69) is 107 Å². The Kier molecular flexibility index (Phi) is 74.3. The first-order valence-electron chi connectivity index (χ1n) is 23.7. The SMILES string of the molecule is C=C(C)CC1CCCN1C.C=CN.C=CNCC(=C)C.CC.CC.CC.CC(C=O)C1CCCCC1.CC1CCC1.CCCC(C)NC=O.CCO.CCc1ccccc1. The summed E-state index contributed by atoms with van der Waals surface area (Å²) >= 11 is 0. The summed E-state index contributed by atoms with van der Waals surface area (Å²) in [6.07, 6.45) is 23.1. The molecule has 5 N–H and O–H groups in total. The highest BCUT2D eigenvalue weighted by atomic mass is 16.2. The van der Waals surface area contributed by atoms with Gasteiger partial charge in [-0.15, -0.1) is 6.58 Å². The summed E-state index contributed by atoms with van der Waals surface area (Å²) in [5.74, 6) is 2.07. The fourth-order valence-electron chi connectivity index (χ4n) is 5.62. The summed E-state index contributed by atoms with van der Waals surface area (Å²) in [7, 11) is 2.21. The van der Waals surface area contributed by atoms with Crippen molar-refractivity contribution in [1.29, 1.82) is 0 Å². The number of aliphatic hydroxyl groups is 1. The van der Waals surface area contributed by atoms with Crippen molar-refractivity contribution in [3.63, 3.8) is 0 Å². The molecule has 1 aliphatic heterocycles. The fraction of sp³-hybridized carbons (Fsp3) is 0.698. The van der Waals surface area contributed by atoms with E-state index in [1.165, 1.54) is 94.5 Å². The molecule has 3 unspecified atom stereocenters. The van der Waals surface area contributed by atoms with Gasteiger partial charge in [0.2, 0.25) is 6.41 Å². The number of rotatable bonds is 12. The van der Waals surface area contributed by atoms with Gasteiger partial charge >= 0.3 is 0 Å². The van der Waals surface area contributed by atoms with E-state index in [1.807, 2.05) is 68.4 Å². The largest absolute Gasteiger partial charge is 0.405 e. The van der Waals surface area contributed by atoms with Crippen molar-refractivity contribution in [1.82, 2.24) is 15.5 Å². The van der Waals surface area contributed by atoms with Gasteiger partial charge in [0.25, 0.3) is 0 Å². The van der Waals surface area contributed by atoms with Crippen LogP contribution >= 0.6 is 0 Å². The molecule has 1 amide bonds. The standard InChI is InChI=1S/C9H17N.C9H16O.C8H10.C6H13NO.C6H11N.C5H10.C2H5N.C2H6O.3C2H6/c1-8(2)7-9-5-4-6-10(9)3;1-8(7-10)9-5-3-2-4-6-9;1-2-8-6-4-3-5-7-8;1-3-4-6(2)7-5-8;1-4-7-5-6(2)3;1-5-3-2-4-5;2*1-2-3;3*1-2/h9H,1,4-7H2,2-3H3;7-9H,2-6H2,1H3;3-7H,2H2,1H3;5-6H,3-4H2,1-2H3,(H,7,8);4,7H,1-2,5H2,3H3;5H,2-4H2,1H3;2H,1,3H2;3H,2H2,1H3;3*1-2H3. The quantitative estimate of drug-likeness (QED) is 0.123. The first-order valence-corrected chi connectivity index (χ1v) is 23.7. The molecule has 356 valence electrons. The Hall–Kier alpha value is -3.16. The van der Waals surface area contributed by atoms with Crippen LogP contribution in [0.2, 0.25) is 0 Å². The molecule has 4 rings (SSSR count). The lowest BCUT2D eigenvalue weighted by Gasteiger charge is -2.23. The highest BCUT2D eigenvalue weighted by Crippen LogP contribution is 2.28. The van der Waals surface area contributed by atoms with Crippen LogP contribution in [0.3, 0.4) is 0 Å². The van der Waals surface area contributed by atoms with Crippen LogP contribution in [-0.2, 0) is 16.0 Å². The number of hydrogen-bond acceptors (Lipinski definition) is 6. The maximum absolute atomic E-state index is 10.4. The third-order valence-electron chi connectivity index (χ3n) is 9.13. The maximum atomic E-state index is 10.4. The number of nitrogens with zero attached hydrogens (tertiary/aromatic N) is 1. The van der Waals surface area contributed by atoms with E-state index in [9.17, 15) is 9.59 Å². The van der Waals surface area contributed by atoms with Gasteiger partial charge in [-0.1, -0.05) is 175 Å². The van der Waals surface area contributed by atoms with Crippen LogP contribution in [0.15, 0.2) is 80.2 Å². The molecular formula is C53H106N4O3. The number of hydrogen-bond donors (Lipinski definition) is 4. The van der Waals surface area contributed by atoms with E-state index in [4.69, 9.17) is 5.11 Å². The molecular weight excluding hydrogens is 741 g/mol. The van der Waals surface area contributed by atoms with Crippen LogP contribution in [0.1, 0.15) is 186 Å². The number of amides is 1. The lowest BCUT2D eigenvalue weighted by molar-refractivity contribution is -0.112. The summed E-state index contributed by atoms with van der Waals surface area (Å²) in [5, 5.41) is 13.1. The molecule has 0 spiro atoms. The van der Waals surface area contributed by atoms with E-state index < -0.39 is 0 Å². The number of aldehydes is 1. The van der Waals surface area contributed by atoms with Gasteiger partial charge in [0.1, 0.15) is 6.29 Å². The van der Waals surface area contributed by atoms with Gasteiger partial charge in [-0.05, 0) is 116 Å². The van der Waals surface area contributed by atoms with Crippen LogP contribution in [0.4, 0.5) is 0 Å². The summed E-state index contributed by atoms with van der Waals surface area (Å²) in [6, 6.07) is 11.6. The highest BCUT2D eigenvalue weighted by Gasteiger charge is 2.20. The van der Waals surface area contributed by atoms with Crippen molar-refractivity contribution >= 4 is 12.7 Å². The Morgan fingerprint density at radius 3 is 1.60 bits per heavy atom. The van der Waals surface area contributed by atoms with Crippen molar-refractivity contribution in [2.24, 2.45) is 23.5 Å². The maximum Gasteiger partial charge on any atom is 0.207 e. The normalized spacial score (nSPS) is 15.3. The molecule has 1 heterocycles. The number of likely N-dealkylation sites (tertiary alicyclic amines) is 1. The molecule has 3 atom stereocenters. The summed E-state index contributed by atoms with van der Waals surface area (Å²) in [6.45, 7) is 45.0. The van der Waals surface area contributed by atoms with E-state index >= 15 is 0 Å². The molecule has 7 heteroatoms. The second-order valence-electron chi connectivity index (χ2n) is 14.8. The van der Waals surface area contributed by atoms with Crippen molar-refractivity contribution in [2.45, 2.75) is 199 Å². The third-order valence-corrected chi connectivity index (χ3v) is 9.13. The van der Waals surface area contributed by atoms with Gasteiger partial charge in [-0.2, -0.15) is 0 Å². The molecule has 1 aromatic rings. The Balaban J connectivity index is -0.000000108. The molecule has 3 aliphatic rings. The van der Waals surface area contributed by atoms with Crippen LogP contribution in [-0.4, -0.2) is 61.5 Å². The zero-order valence-corrected chi connectivity index (χ0v) is 42.7. The first-order chi connectivity index (χ1) is 28.8. The average Bonchev–Trinajstić information content (AvgIpc) is 3.66. The minimum atomic E-state index is 0.250. The molecule has 60 heavy (non-hydrogen) atoms. The smallest absolute Gasteiger partial charge is 0.207 e. The summed E-state index contributed by atoms with van der Waals surface area (Å²) in [4.78, 5) is 22.6. The molecule has 1 saturated heterocycles. The lowest BCUT2D eigenvalue weighted by atomic mass is 9.82. The number of carbonyl (C=O) groups is 2. The molecule has 1 aromatic carbocycles. The van der Waals surface area contributed by atoms with Crippen molar-refractivity contribution < 1.29 is 14.7 Å². The number of benzene rings is 1. The van der Waals surface area contributed by atoms with Crippen molar-refractivity contribution in [3.8, 4) is 0 Å². The van der Waals surface area contributed by atoms with Crippen LogP contribution < -0.4 is 16.4 Å². The summed E-state index contributed by atoms with van der Waals surface area (Å²) < 4.78 is 0. The minimum absolute atomic E-state index is 0.250. The molecule has 0 aromatic heterocycles. The first kappa shape index (κ1) is 71.3. The van der Waals surface area contributed by atoms with Crippen LogP contribution in [0, 0.1) is 17.8 Å². The van der Waals surface area contributed by atoms with E-state index in [0.29, 0.717) is 17.9 Å². The number of aryl methyl sites for hydroxylation is 1. The van der Waals surface area contributed by atoms with Crippen molar-refractivity contribution in [3.05, 3.63) is 85.8 Å². The fourth-order valence-corrected chi connectivity index (χ4v) is 5.62. The van der Waals surface area contributed by atoms with Gasteiger partial charge in [-0.3, -0.25) is 4.79 Å². The highest BCUT2D eigenvalue weighted by molar-refractivity contribution is 5.53. The van der Waals surface area contributed by atoms with Gasteiger partial charge in [0, 0.05) is 31.2 Å².